The van der Waals surface area contributed by atoms with E-state index >= 15 is 0 Å². The summed E-state index contributed by atoms with van der Waals surface area (Å²) in [6.07, 6.45) is 2.44. The summed E-state index contributed by atoms with van der Waals surface area (Å²) < 4.78 is 23.9. The highest BCUT2D eigenvalue weighted by molar-refractivity contribution is 5.86. The van der Waals surface area contributed by atoms with Gasteiger partial charge in [-0.3, -0.25) is 4.79 Å². The molecule has 0 aliphatic heterocycles. The third-order valence-corrected chi connectivity index (χ3v) is 9.98. The van der Waals surface area contributed by atoms with Gasteiger partial charge in [-0.1, -0.05) is 116 Å². The molecule has 6 rings (SSSR count). The fourth-order valence-corrected chi connectivity index (χ4v) is 7.17. The minimum Gasteiger partial charge on any atom is -0.497 e. The number of hydrogen-bond acceptors (Lipinski definition) is 7. The van der Waals surface area contributed by atoms with Crippen LogP contribution in [0.1, 0.15) is 59.4 Å². The fourth-order valence-electron chi connectivity index (χ4n) is 7.17. The number of aliphatic hydroxyl groups excluding tert-OH is 1. The van der Waals surface area contributed by atoms with Crippen molar-refractivity contribution in [3.8, 4) is 22.6 Å². The van der Waals surface area contributed by atoms with Crippen molar-refractivity contribution in [2.75, 3.05) is 40.6 Å². The van der Waals surface area contributed by atoms with Crippen LogP contribution in [0.15, 0.2) is 127 Å². The van der Waals surface area contributed by atoms with Crippen molar-refractivity contribution in [1.29, 1.82) is 0 Å². The second-order valence-electron chi connectivity index (χ2n) is 13.3. The Morgan fingerprint density at radius 2 is 1.19 bits per heavy atom. The molecule has 9 heteroatoms. The Labute approximate surface area is 317 Å². The van der Waals surface area contributed by atoms with Crippen LogP contribution in [0.3, 0.4) is 0 Å². The number of rotatable bonds is 18. The molecule has 0 fully saturated rings. The van der Waals surface area contributed by atoms with Gasteiger partial charge in [-0.2, -0.15) is 0 Å². The quantitative estimate of drug-likeness (QED) is 0.0630. The van der Waals surface area contributed by atoms with E-state index in [2.05, 4.69) is 34.9 Å². The Hall–Kier alpha value is -5.64. The molecule has 0 aromatic heterocycles. The van der Waals surface area contributed by atoms with Crippen LogP contribution < -0.4 is 20.1 Å². The van der Waals surface area contributed by atoms with Gasteiger partial charge < -0.3 is 34.7 Å². The number of methoxy groups -OCH3 is 2. The predicted octanol–water partition coefficient (Wildman–Crippen LogP) is 7.59. The lowest BCUT2D eigenvalue weighted by Gasteiger charge is -2.37. The normalized spacial score (nSPS) is 12.6. The molecule has 0 bridgehead atoms. The number of aliphatic hydroxyl groups is 1. The van der Waals surface area contributed by atoms with E-state index in [9.17, 15) is 9.59 Å². The van der Waals surface area contributed by atoms with Gasteiger partial charge in [-0.15, -0.1) is 0 Å². The second-order valence-corrected chi connectivity index (χ2v) is 13.3. The molecule has 0 radical (unpaired) electrons. The molecule has 0 spiro atoms. The minimum absolute atomic E-state index is 0.103. The van der Waals surface area contributed by atoms with Crippen LogP contribution in [0.5, 0.6) is 11.5 Å². The second kappa shape index (κ2) is 18.4. The van der Waals surface area contributed by atoms with Gasteiger partial charge in [-0.25, -0.2) is 4.79 Å². The van der Waals surface area contributed by atoms with Crippen LogP contribution >= 0.6 is 0 Å². The zero-order valence-electron chi connectivity index (χ0n) is 30.8. The first-order valence-corrected chi connectivity index (χ1v) is 18.5. The lowest BCUT2D eigenvalue weighted by Crippen LogP contribution is -2.51. The van der Waals surface area contributed by atoms with Gasteiger partial charge in [-0.05, 0) is 76.1 Å². The molecule has 280 valence electrons. The molecule has 3 N–H and O–H groups in total. The molecule has 9 nitrogen and oxygen atoms in total. The highest BCUT2D eigenvalue weighted by Crippen LogP contribution is 2.45. The number of ether oxygens (including phenoxy) is 4. The molecule has 0 saturated carbocycles. The van der Waals surface area contributed by atoms with Crippen molar-refractivity contribution < 1.29 is 33.6 Å². The van der Waals surface area contributed by atoms with Crippen molar-refractivity contribution in [2.45, 2.75) is 43.2 Å². The van der Waals surface area contributed by atoms with Gasteiger partial charge in [0, 0.05) is 19.1 Å². The monoisotopic (exact) mass is 728 g/mol. The highest BCUT2D eigenvalue weighted by atomic mass is 16.6. The molecular formula is C45H48N2O7. The van der Waals surface area contributed by atoms with E-state index in [1.165, 1.54) is 0 Å². The summed E-state index contributed by atoms with van der Waals surface area (Å²) in [4.78, 5) is 27.6. The zero-order valence-corrected chi connectivity index (χ0v) is 30.8. The van der Waals surface area contributed by atoms with Gasteiger partial charge in [0.2, 0.25) is 5.91 Å². The summed E-state index contributed by atoms with van der Waals surface area (Å²) in [5, 5.41) is 15.0. The summed E-state index contributed by atoms with van der Waals surface area (Å²) in [5.41, 5.74) is 5.65. The standard InChI is InChI=1S/C45H48N2O7/c1-51-35-24-20-33(21-25-35)45(32-14-6-5-7-15-32,34-22-26-36(52-2)27-23-34)54-31-42(43(49)46-28-12-3-4-13-29-48)47-44(50)53-30-41-39-18-10-8-16-37(39)38-17-9-11-19-40(38)41/h5-11,14-27,41-42,48H,3-4,12-13,28-31H2,1-2H3,(H,46,49)(H,47,50)/t42-/m0/s1. The van der Waals surface area contributed by atoms with E-state index in [0.29, 0.717) is 24.5 Å². The molecule has 54 heavy (non-hydrogen) atoms. The van der Waals surface area contributed by atoms with Gasteiger partial charge in [0.25, 0.3) is 0 Å². The number of hydrogen-bond donors (Lipinski definition) is 3. The molecular weight excluding hydrogens is 681 g/mol. The van der Waals surface area contributed by atoms with Crippen LogP contribution in [-0.2, 0) is 19.9 Å². The van der Waals surface area contributed by atoms with E-state index in [0.717, 1.165) is 58.2 Å². The molecule has 0 unspecified atom stereocenters. The van der Waals surface area contributed by atoms with E-state index < -0.39 is 23.6 Å². The van der Waals surface area contributed by atoms with Gasteiger partial charge in [0.1, 0.15) is 29.7 Å². The maximum atomic E-state index is 13.9. The first-order valence-electron chi connectivity index (χ1n) is 18.5. The zero-order chi connectivity index (χ0) is 37.8. The lowest BCUT2D eigenvalue weighted by molar-refractivity contribution is -0.126. The molecule has 1 aliphatic carbocycles. The molecule has 1 aliphatic rings. The van der Waals surface area contributed by atoms with Crippen molar-refractivity contribution in [3.63, 3.8) is 0 Å². The van der Waals surface area contributed by atoms with Crippen molar-refractivity contribution >= 4 is 12.0 Å². The van der Waals surface area contributed by atoms with Crippen molar-refractivity contribution in [3.05, 3.63) is 155 Å². The molecule has 5 aromatic carbocycles. The van der Waals surface area contributed by atoms with Crippen molar-refractivity contribution in [2.24, 2.45) is 0 Å². The van der Waals surface area contributed by atoms with Crippen LogP contribution in [0.25, 0.3) is 11.1 Å². The Morgan fingerprint density at radius 1 is 0.667 bits per heavy atom. The Kier molecular flexibility index (Phi) is 13.0. The lowest BCUT2D eigenvalue weighted by atomic mass is 9.80. The smallest absolute Gasteiger partial charge is 0.407 e. The van der Waals surface area contributed by atoms with Crippen LogP contribution in [0, 0.1) is 0 Å². The highest BCUT2D eigenvalue weighted by Gasteiger charge is 2.40. The fraction of sp³-hybridized carbons (Fsp3) is 0.289. The van der Waals surface area contributed by atoms with E-state index in [1.807, 2.05) is 103 Å². The minimum atomic E-state index is -1.20. The molecule has 5 aromatic rings. The summed E-state index contributed by atoms with van der Waals surface area (Å²) >= 11 is 0. The van der Waals surface area contributed by atoms with E-state index in [4.69, 9.17) is 24.1 Å². The van der Waals surface area contributed by atoms with E-state index in [1.54, 1.807) is 14.2 Å². The van der Waals surface area contributed by atoms with Crippen LogP contribution in [-0.4, -0.2) is 63.7 Å². The molecule has 0 saturated heterocycles. The average molecular weight is 729 g/mol. The summed E-state index contributed by atoms with van der Waals surface area (Å²) in [7, 11) is 3.23. The number of alkyl carbamates (subject to hydrolysis) is 1. The SMILES string of the molecule is COc1ccc(C(OC[C@H](NC(=O)OCC2c3ccccc3-c3ccccc32)C(=O)NCCCCCCO)(c2ccccc2)c2ccc(OC)cc2)cc1. The maximum Gasteiger partial charge on any atom is 0.407 e. The number of amides is 2. The van der Waals surface area contributed by atoms with Crippen molar-refractivity contribution in [1.82, 2.24) is 10.6 Å². The summed E-state index contributed by atoms with van der Waals surface area (Å²) in [5.74, 6) is 0.839. The first kappa shape index (κ1) is 38.1. The first-order chi connectivity index (χ1) is 26.5. The Morgan fingerprint density at radius 3 is 1.74 bits per heavy atom. The number of fused-ring (bicyclic) bond motifs is 3. The number of unbranched alkanes of at least 4 members (excludes halogenated alkanes) is 3. The largest absolute Gasteiger partial charge is 0.497 e. The predicted molar refractivity (Wildman–Crippen MR) is 209 cm³/mol. The third kappa shape index (κ3) is 8.59. The Balaban J connectivity index is 1.28. The average Bonchev–Trinajstić information content (AvgIpc) is 3.55. The summed E-state index contributed by atoms with van der Waals surface area (Å²) in [6.45, 7) is 0.467. The molecule has 0 heterocycles. The van der Waals surface area contributed by atoms with Gasteiger partial charge in [0.15, 0.2) is 0 Å². The van der Waals surface area contributed by atoms with E-state index in [-0.39, 0.29) is 25.7 Å². The Bertz CT molecular complexity index is 1870. The molecule has 2 amide bonds. The summed E-state index contributed by atoms with van der Waals surface area (Å²) in [6, 6.07) is 40.2. The third-order valence-electron chi connectivity index (χ3n) is 9.98. The number of carbonyl (C=O) groups is 2. The molecule has 1 atom stereocenters. The maximum absolute atomic E-state index is 13.9. The van der Waals surface area contributed by atoms with Gasteiger partial charge >= 0.3 is 6.09 Å². The van der Waals surface area contributed by atoms with Crippen LogP contribution in [0.4, 0.5) is 4.79 Å². The topological polar surface area (TPSA) is 115 Å². The number of benzene rings is 5. The van der Waals surface area contributed by atoms with Gasteiger partial charge in [0.05, 0.1) is 20.8 Å². The number of carbonyl (C=O) groups excluding carboxylic acids is 2. The number of nitrogens with one attached hydrogen (secondary N) is 2. The van der Waals surface area contributed by atoms with Crippen LogP contribution in [0.2, 0.25) is 0 Å².